The molecule has 0 atom stereocenters. The van der Waals surface area contributed by atoms with Gasteiger partial charge in [-0.3, -0.25) is 9.59 Å². The molecule has 8 nitrogen and oxygen atoms in total. The Bertz CT molecular complexity index is 836. The van der Waals surface area contributed by atoms with E-state index in [1.807, 2.05) is 6.92 Å². The zero-order valence-electron chi connectivity index (χ0n) is 15.5. The summed E-state index contributed by atoms with van der Waals surface area (Å²) in [5, 5.41) is 7.08. The first-order valence-electron chi connectivity index (χ1n) is 8.92. The van der Waals surface area contributed by atoms with Gasteiger partial charge in [-0.15, -0.1) is 0 Å². The summed E-state index contributed by atoms with van der Waals surface area (Å²) in [7, 11) is 1.62. The number of hydrogen-bond acceptors (Lipinski definition) is 6. The molecule has 1 aliphatic carbocycles. The second-order valence-electron chi connectivity index (χ2n) is 6.29. The molecule has 0 fully saturated rings. The molecule has 2 aromatic rings. The van der Waals surface area contributed by atoms with Crippen LogP contribution in [0.5, 0.6) is 0 Å². The Morgan fingerprint density at radius 2 is 2.15 bits per heavy atom. The van der Waals surface area contributed by atoms with Crippen molar-refractivity contribution in [1.29, 1.82) is 0 Å². The van der Waals surface area contributed by atoms with Gasteiger partial charge in [0.1, 0.15) is 5.76 Å². The van der Waals surface area contributed by atoms with Crippen molar-refractivity contribution in [2.75, 3.05) is 20.3 Å². The van der Waals surface area contributed by atoms with Crippen molar-refractivity contribution in [1.82, 2.24) is 10.7 Å². The number of rotatable bonds is 7. The van der Waals surface area contributed by atoms with Crippen LogP contribution >= 0.6 is 0 Å². The molecule has 0 bridgehead atoms. The molecule has 2 heterocycles. The van der Waals surface area contributed by atoms with Crippen molar-refractivity contribution in [2.24, 2.45) is 5.10 Å². The number of aryl methyl sites for hydroxylation is 1. The van der Waals surface area contributed by atoms with Gasteiger partial charge in [-0.2, -0.15) is 5.10 Å². The van der Waals surface area contributed by atoms with Crippen LogP contribution < -0.4 is 10.7 Å². The molecule has 2 N–H and O–H groups in total. The van der Waals surface area contributed by atoms with Crippen LogP contribution in [0.4, 0.5) is 0 Å². The number of hydrogen-bond donors (Lipinski definition) is 2. The predicted molar refractivity (Wildman–Crippen MR) is 97.9 cm³/mol. The van der Waals surface area contributed by atoms with Crippen LogP contribution in [0.2, 0.25) is 0 Å². The Morgan fingerprint density at radius 3 is 2.89 bits per heavy atom. The largest absolute Gasteiger partial charge is 0.459 e. The average molecular weight is 373 g/mol. The number of fused-ring (bicyclic) bond motifs is 1. The highest BCUT2D eigenvalue weighted by Crippen LogP contribution is 2.29. The van der Waals surface area contributed by atoms with E-state index in [4.69, 9.17) is 13.6 Å². The normalized spacial score (nSPS) is 14.8. The summed E-state index contributed by atoms with van der Waals surface area (Å²) in [6.07, 6.45) is 4.43. The molecule has 2 amide bonds. The van der Waals surface area contributed by atoms with E-state index in [0.717, 1.165) is 36.1 Å². The van der Waals surface area contributed by atoms with Crippen molar-refractivity contribution in [3.05, 3.63) is 46.8 Å². The second-order valence-corrected chi connectivity index (χ2v) is 6.29. The third-order valence-corrected chi connectivity index (χ3v) is 4.38. The Morgan fingerprint density at radius 1 is 1.30 bits per heavy atom. The van der Waals surface area contributed by atoms with Gasteiger partial charge in [0.15, 0.2) is 11.5 Å². The first-order chi connectivity index (χ1) is 13.1. The quantitative estimate of drug-likeness (QED) is 0.573. The first-order valence-corrected chi connectivity index (χ1v) is 8.92. The van der Waals surface area contributed by atoms with E-state index in [-0.39, 0.29) is 11.7 Å². The smallest absolute Gasteiger partial charge is 0.307 e. The number of amides is 2. The molecule has 0 saturated heterocycles. The highest BCUT2D eigenvalue weighted by Gasteiger charge is 2.28. The molecule has 0 unspecified atom stereocenters. The molecule has 0 aliphatic heterocycles. The summed E-state index contributed by atoms with van der Waals surface area (Å²) in [5.41, 5.74) is 4.76. The number of furan rings is 2. The zero-order valence-corrected chi connectivity index (χ0v) is 15.5. The predicted octanol–water partition coefficient (Wildman–Crippen LogP) is 2.42. The third kappa shape index (κ3) is 4.28. The Balaban J connectivity index is 1.75. The molecule has 1 aliphatic rings. The van der Waals surface area contributed by atoms with E-state index in [2.05, 4.69) is 15.8 Å². The maximum absolute atomic E-state index is 12.4. The fraction of sp³-hybridized carbons (Fsp3) is 0.421. The maximum Gasteiger partial charge on any atom is 0.307 e. The fourth-order valence-corrected chi connectivity index (χ4v) is 3.08. The zero-order chi connectivity index (χ0) is 19.2. The Labute approximate surface area is 156 Å². The molecule has 27 heavy (non-hydrogen) atoms. The van der Waals surface area contributed by atoms with Gasteiger partial charge in [0.25, 0.3) is 5.91 Å². The number of carbonyl (C=O) groups is 2. The van der Waals surface area contributed by atoms with Gasteiger partial charge >= 0.3 is 5.91 Å². The van der Waals surface area contributed by atoms with Gasteiger partial charge in [0.2, 0.25) is 0 Å². The number of ether oxygens (including phenoxy) is 1. The van der Waals surface area contributed by atoms with Crippen molar-refractivity contribution < 1.29 is 23.2 Å². The van der Waals surface area contributed by atoms with Gasteiger partial charge in [-0.1, -0.05) is 0 Å². The van der Waals surface area contributed by atoms with Crippen LogP contribution in [0.15, 0.2) is 32.3 Å². The summed E-state index contributed by atoms with van der Waals surface area (Å²) < 4.78 is 15.8. The molecule has 144 valence electrons. The van der Waals surface area contributed by atoms with Crippen molar-refractivity contribution in [3.63, 3.8) is 0 Å². The van der Waals surface area contributed by atoms with Crippen LogP contribution in [0.1, 0.15) is 57.3 Å². The Hall–Kier alpha value is -2.87. The summed E-state index contributed by atoms with van der Waals surface area (Å²) in [4.78, 5) is 24.4. The molecular formula is C19H23N3O5. The lowest BCUT2D eigenvalue weighted by molar-refractivity contribution is 0.0914. The second kappa shape index (κ2) is 8.68. The molecule has 0 spiro atoms. The summed E-state index contributed by atoms with van der Waals surface area (Å²) in [6, 6.07) is 3.20. The number of hydrazone groups is 1. The van der Waals surface area contributed by atoms with Gasteiger partial charge in [0.05, 0.1) is 12.0 Å². The first kappa shape index (κ1) is 18.9. The monoisotopic (exact) mass is 373 g/mol. The fourth-order valence-electron chi connectivity index (χ4n) is 3.08. The highest BCUT2D eigenvalue weighted by atomic mass is 16.5. The number of methoxy groups -OCH3 is 1. The van der Waals surface area contributed by atoms with Crippen molar-refractivity contribution in [2.45, 2.75) is 32.6 Å². The number of nitrogens with one attached hydrogen (secondary N) is 2. The van der Waals surface area contributed by atoms with Crippen molar-refractivity contribution in [3.8, 4) is 0 Å². The minimum absolute atomic E-state index is 0.190. The van der Waals surface area contributed by atoms with E-state index < -0.39 is 5.91 Å². The topological polar surface area (TPSA) is 106 Å². The van der Waals surface area contributed by atoms with Crippen LogP contribution in [0.25, 0.3) is 0 Å². The summed E-state index contributed by atoms with van der Waals surface area (Å²) in [6.45, 7) is 2.93. The molecule has 0 radical (unpaired) electrons. The van der Waals surface area contributed by atoms with Gasteiger partial charge < -0.3 is 18.9 Å². The molecule has 2 aromatic heterocycles. The van der Waals surface area contributed by atoms with Gasteiger partial charge in [-0.05, 0) is 38.3 Å². The van der Waals surface area contributed by atoms with E-state index in [1.165, 1.54) is 6.26 Å². The van der Waals surface area contributed by atoms with Crippen molar-refractivity contribution >= 4 is 17.5 Å². The van der Waals surface area contributed by atoms with Crippen LogP contribution in [-0.2, 0) is 11.2 Å². The minimum Gasteiger partial charge on any atom is -0.459 e. The standard InChI is InChI=1S/C19H23N3O5/c1-12-16-13(21-22-18(23)15-8-4-11-26-15)6-3-7-14(16)27-17(12)19(24)20-9-5-10-25-2/h4,8,11H,3,5-7,9-10H2,1-2H3,(H,20,24)(H,22,23)/b21-13+. The number of carbonyl (C=O) groups excluding carboxylic acids is 2. The van der Waals surface area contributed by atoms with Gasteiger partial charge in [0, 0.05) is 37.8 Å². The molecule has 0 saturated carbocycles. The maximum atomic E-state index is 12.4. The average Bonchev–Trinajstić information content (AvgIpc) is 3.32. The Kier molecular flexibility index (Phi) is 6.08. The molecular weight excluding hydrogens is 350 g/mol. The van der Waals surface area contributed by atoms with Gasteiger partial charge in [-0.25, -0.2) is 5.43 Å². The molecule has 8 heteroatoms. The van der Waals surface area contributed by atoms with E-state index >= 15 is 0 Å². The lowest BCUT2D eigenvalue weighted by atomic mass is 9.93. The van der Waals surface area contributed by atoms with Crippen LogP contribution in [0, 0.1) is 6.92 Å². The molecule has 3 rings (SSSR count). The van der Waals surface area contributed by atoms with Crippen LogP contribution in [-0.4, -0.2) is 37.8 Å². The van der Waals surface area contributed by atoms with Crippen LogP contribution in [0.3, 0.4) is 0 Å². The molecule has 0 aromatic carbocycles. The SMILES string of the molecule is COCCCNC(=O)c1oc2c(c1C)/C(=N/NC(=O)c1ccco1)CCC2. The lowest BCUT2D eigenvalue weighted by Crippen LogP contribution is -2.25. The summed E-state index contributed by atoms with van der Waals surface area (Å²) >= 11 is 0. The van der Waals surface area contributed by atoms with E-state index in [0.29, 0.717) is 31.0 Å². The lowest BCUT2D eigenvalue weighted by Gasteiger charge is -2.13. The summed E-state index contributed by atoms with van der Waals surface area (Å²) in [5.74, 6) is 0.542. The minimum atomic E-state index is -0.420. The van der Waals surface area contributed by atoms with E-state index in [1.54, 1.807) is 19.2 Å². The highest BCUT2D eigenvalue weighted by molar-refractivity contribution is 6.07. The van der Waals surface area contributed by atoms with E-state index in [9.17, 15) is 9.59 Å². The number of nitrogens with zero attached hydrogens (tertiary/aromatic N) is 1. The third-order valence-electron chi connectivity index (χ3n) is 4.38.